The summed E-state index contributed by atoms with van der Waals surface area (Å²) in [5.41, 5.74) is -1.05. The van der Waals surface area contributed by atoms with E-state index >= 15 is 0 Å². The zero-order chi connectivity index (χ0) is 13.5. The fourth-order valence-electron chi connectivity index (χ4n) is 0.994. The SMILES string of the molecule is CCOC(C=C(CC(=O)OC)C(F)(F)F)OC. The normalized spacial score (nSPS) is 14.6. The van der Waals surface area contributed by atoms with Gasteiger partial charge in [0.05, 0.1) is 13.5 Å². The number of methoxy groups -OCH3 is 2. The predicted molar refractivity (Wildman–Crippen MR) is 53.2 cm³/mol. The topological polar surface area (TPSA) is 44.8 Å². The van der Waals surface area contributed by atoms with E-state index in [-0.39, 0.29) is 6.61 Å². The Morgan fingerprint density at radius 1 is 1.35 bits per heavy atom. The van der Waals surface area contributed by atoms with Gasteiger partial charge >= 0.3 is 12.1 Å². The van der Waals surface area contributed by atoms with E-state index in [0.717, 1.165) is 13.2 Å². The molecule has 0 saturated heterocycles. The number of halogens is 3. The molecule has 4 nitrogen and oxygen atoms in total. The summed E-state index contributed by atoms with van der Waals surface area (Å²) in [5.74, 6) is -0.972. The van der Waals surface area contributed by atoms with Crippen LogP contribution in [-0.2, 0) is 19.0 Å². The maximum absolute atomic E-state index is 12.6. The van der Waals surface area contributed by atoms with Gasteiger partial charge in [-0.15, -0.1) is 0 Å². The molecule has 1 unspecified atom stereocenters. The number of alkyl halides is 3. The quantitative estimate of drug-likeness (QED) is 0.414. The number of hydrogen-bond acceptors (Lipinski definition) is 4. The van der Waals surface area contributed by atoms with Gasteiger partial charge in [0.1, 0.15) is 0 Å². The van der Waals surface area contributed by atoms with Crippen molar-refractivity contribution in [2.24, 2.45) is 0 Å². The van der Waals surface area contributed by atoms with Crippen molar-refractivity contribution in [2.75, 3.05) is 20.8 Å². The average molecular weight is 256 g/mol. The Bertz CT molecular complexity index is 273. The molecule has 0 aromatic heterocycles. The molecule has 0 radical (unpaired) electrons. The summed E-state index contributed by atoms with van der Waals surface area (Å²) in [7, 11) is 2.23. The maximum Gasteiger partial charge on any atom is 0.413 e. The third-order valence-corrected chi connectivity index (χ3v) is 1.83. The lowest BCUT2D eigenvalue weighted by atomic mass is 10.1. The van der Waals surface area contributed by atoms with E-state index in [4.69, 9.17) is 4.74 Å². The van der Waals surface area contributed by atoms with Crippen molar-refractivity contribution in [3.8, 4) is 0 Å². The first kappa shape index (κ1) is 15.9. The first-order valence-corrected chi connectivity index (χ1v) is 4.84. The minimum Gasteiger partial charge on any atom is -0.469 e. The fraction of sp³-hybridized carbons (Fsp3) is 0.700. The Morgan fingerprint density at radius 3 is 2.29 bits per heavy atom. The molecule has 0 saturated carbocycles. The zero-order valence-electron chi connectivity index (χ0n) is 9.84. The smallest absolute Gasteiger partial charge is 0.413 e. The second-order valence-electron chi connectivity index (χ2n) is 3.00. The van der Waals surface area contributed by atoms with E-state index in [0.29, 0.717) is 0 Å². The second-order valence-corrected chi connectivity index (χ2v) is 3.00. The third-order valence-electron chi connectivity index (χ3n) is 1.83. The van der Waals surface area contributed by atoms with E-state index in [1.165, 1.54) is 7.11 Å². The zero-order valence-corrected chi connectivity index (χ0v) is 9.84. The average Bonchev–Trinajstić information content (AvgIpc) is 2.25. The molecule has 0 amide bonds. The first-order valence-electron chi connectivity index (χ1n) is 4.84. The van der Waals surface area contributed by atoms with E-state index in [1.54, 1.807) is 6.92 Å². The summed E-state index contributed by atoms with van der Waals surface area (Å²) < 4.78 is 51.5. The van der Waals surface area contributed by atoms with Crippen molar-refractivity contribution in [2.45, 2.75) is 25.8 Å². The lowest BCUT2D eigenvalue weighted by Gasteiger charge is -2.15. The monoisotopic (exact) mass is 256 g/mol. The van der Waals surface area contributed by atoms with Gasteiger partial charge in [0.15, 0.2) is 6.29 Å². The van der Waals surface area contributed by atoms with Crippen LogP contribution in [0.1, 0.15) is 13.3 Å². The molecule has 1 atom stereocenters. The van der Waals surface area contributed by atoms with Gasteiger partial charge in [0, 0.05) is 19.3 Å². The van der Waals surface area contributed by atoms with Gasteiger partial charge in [-0.1, -0.05) is 0 Å². The number of rotatable bonds is 6. The minimum absolute atomic E-state index is 0.193. The highest BCUT2D eigenvalue weighted by Gasteiger charge is 2.35. The molecule has 0 aliphatic rings. The molecule has 0 aromatic carbocycles. The van der Waals surface area contributed by atoms with Crippen molar-refractivity contribution in [1.82, 2.24) is 0 Å². The molecule has 0 aromatic rings. The van der Waals surface area contributed by atoms with Crippen LogP contribution in [0, 0.1) is 0 Å². The van der Waals surface area contributed by atoms with Crippen LogP contribution in [0.3, 0.4) is 0 Å². The number of carbonyl (C=O) groups excluding carboxylic acids is 1. The standard InChI is InChI=1S/C10H15F3O4/c1-4-17-9(16-3)6-7(10(11,12)13)5-8(14)15-2/h6,9H,4-5H2,1-3H3. The molecule has 7 heteroatoms. The van der Waals surface area contributed by atoms with Gasteiger partial charge in [-0.2, -0.15) is 13.2 Å². The van der Waals surface area contributed by atoms with Crippen LogP contribution in [0.15, 0.2) is 11.6 Å². The van der Waals surface area contributed by atoms with Gasteiger partial charge < -0.3 is 14.2 Å². The van der Waals surface area contributed by atoms with Crippen molar-refractivity contribution in [3.63, 3.8) is 0 Å². The Balaban J connectivity index is 4.89. The molecular weight excluding hydrogens is 241 g/mol. The van der Waals surface area contributed by atoms with Crippen molar-refractivity contribution in [1.29, 1.82) is 0 Å². The summed E-state index contributed by atoms with van der Waals surface area (Å²) in [4.78, 5) is 10.9. The van der Waals surface area contributed by atoms with Crippen LogP contribution in [0.25, 0.3) is 0 Å². The van der Waals surface area contributed by atoms with E-state index in [9.17, 15) is 18.0 Å². The van der Waals surface area contributed by atoms with Crippen molar-refractivity contribution in [3.05, 3.63) is 11.6 Å². The summed E-state index contributed by atoms with van der Waals surface area (Å²) in [5, 5.41) is 0. The van der Waals surface area contributed by atoms with Crippen molar-refractivity contribution < 1.29 is 32.2 Å². The number of ether oxygens (including phenoxy) is 3. The van der Waals surface area contributed by atoms with Crippen LogP contribution in [0.2, 0.25) is 0 Å². The Morgan fingerprint density at radius 2 is 1.94 bits per heavy atom. The molecule has 0 spiro atoms. The Labute approximate surface area is 97.3 Å². The molecule has 0 fully saturated rings. The summed E-state index contributed by atoms with van der Waals surface area (Å²) in [6, 6.07) is 0. The van der Waals surface area contributed by atoms with Crippen LogP contribution in [0.5, 0.6) is 0 Å². The number of carbonyl (C=O) groups is 1. The predicted octanol–water partition coefficient (Wildman–Crippen LogP) is 2.05. The van der Waals surface area contributed by atoms with Gasteiger partial charge in [-0.05, 0) is 13.0 Å². The Hall–Kier alpha value is -1.08. The van der Waals surface area contributed by atoms with Crippen LogP contribution < -0.4 is 0 Å². The fourth-order valence-corrected chi connectivity index (χ4v) is 0.994. The van der Waals surface area contributed by atoms with Crippen LogP contribution in [-0.4, -0.2) is 39.3 Å². The van der Waals surface area contributed by atoms with E-state index in [2.05, 4.69) is 9.47 Å². The molecule has 0 N–H and O–H groups in total. The highest BCUT2D eigenvalue weighted by molar-refractivity contribution is 5.72. The molecule has 0 bridgehead atoms. The van der Waals surface area contributed by atoms with Crippen LogP contribution >= 0.6 is 0 Å². The summed E-state index contributed by atoms with van der Waals surface area (Å²) in [6.45, 7) is 1.81. The third kappa shape index (κ3) is 6.28. The molecule has 17 heavy (non-hydrogen) atoms. The molecule has 0 aliphatic heterocycles. The minimum atomic E-state index is -4.62. The van der Waals surface area contributed by atoms with Gasteiger partial charge in [0.25, 0.3) is 0 Å². The second kappa shape index (κ2) is 7.29. The molecule has 0 heterocycles. The number of esters is 1. The van der Waals surface area contributed by atoms with Gasteiger partial charge in [-0.3, -0.25) is 4.79 Å². The van der Waals surface area contributed by atoms with Gasteiger partial charge in [-0.25, -0.2) is 0 Å². The summed E-state index contributed by atoms with van der Waals surface area (Å²) >= 11 is 0. The largest absolute Gasteiger partial charge is 0.469 e. The lowest BCUT2D eigenvalue weighted by Crippen LogP contribution is -2.21. The summed E-state index contributed by atoms with van der Waals surface area (Å²) in [6.07, 6.45) is -5.91. The van der Waals surface area contributed by atoms with Crippen LogP contribution in [0.4, 0.5) is 13.2 Å². The number of hydrogen-bond donors (Lipinski definition) is 0. The molecule has 0 rings (SSSR count). The maximum atomic E-state index is 12.6. The highest BCUT2D eigenvalue weighted by atomic mass is 19.4. The highest BCUT2D eigenvalue weighted by Crippen LogP contribution is 2.29. The first-order chi connectivity index (χ1) is 7.85. The lowest BCUT2D eigenvalue weighted by molar-refractivity contribution is -0.143. The molecular formula is C10H15F3O4. The van der Waals surface area contributed by atoms with E-state index < -0.39 is 30.4 Å². The van der Waals surface area contributed by atoms with Crippen molar-refractivity contribution >= 4 is 5.97 Å². The molecule has 100 valence electrons. The van der Waals surface area contributed by atoms with Gasteiger partial charge in [0.2, 0.25) is 0 Å². The Kier molecular flexibility index (Phi) is 6.82. The van der Waals surface area contributed by atoms with E-state index in [1.807, 2.05) is 0 Å². The molecule has 0 aliphatic carbocycles.